The number of likely N-dealkylation sites (tertiary alicyclic amines) is 1. The highest BCUT2D eigenvalue weighted by Gasteiger charge is 2.61. The fourth-order valence-electron chi connectivity index (χ4n) is 7.08. The number of aromatic nitrogens is 1. The highest BCUT2D eigenvalue weighted by Crippen LogP contribution is 2.58. The Morgan fingerprint density at radius 2 is 1.82 bits per heavy atom. The van der Waals surface area contributed by atoms with Gasteiger partial charge in [-0.05, 0) is 47.9 Å². The van der Waals surface area contributed by atoms with E-state index in [1.807, 2.05) is 61.2 Å². The summed E-state index contributed by atoms with van der Waals surface area (Å²) in [6.45, 7) is 8.63. The Morgan fingerprint density at radius 1 is 1.07 bits per heavy atom. The quantitative estimate of drug-likeness (QED) is 0.343. The van der Waals surface area contributed by atoms with Gasteiger partial charge in [0.2, 0.25) is 17.7 Å². The second-order valence-corrected chi connectivity index (χ2v) is 13.2. The van der Waals surface area contributed by atoms with Gasteiger partial charge in [-0.3, -0.25) is 14.4 Å². The lowest BCUT2D eigenvalue weighted by atomic mass is 9.72. The molecule has 1 spiro atoms. The van der Waals surface area contributed by atoms with E-state index in [1.165, 1.54) is 0 Å². The molecule has 11 heteroatoms. The number of nitrogens with zero attached hydrogens (tertiary/aromatic N) is 2. The van der Waals surface area contributed by atoms with E-state index in [0.29, 0.717) is 24.6 Å². The van der Waals surface area contributed by atoms with Crippen molar-refractivity contribution >= 4 is 23.4 Å². The number of carbonyl (C=O) groups excluding carboxylic acids is 3. The monoisotopic (exact) mass is 613 g/mol. The third kappa shape index (κ3) is 4.58. The Labute approximate surface area is 261 Å². The summed E-state index contributed by atoms with van der Waals surface area (Å²) in [6.07, 6.45) is 0.123. The maximum absolute atomic E-state index is 14.2. The van der Waals surface area contributed by atoms with Crippen molar-refractivity contribution < 1.29 is 28.6 Å². The Balaban J connectivity index is 1.46. The summed E-state index contributed by atoms with van der Waals surface area (Å²) in [5.41, 5.74) is 2.49. The van der Waals surface area contributed by atoms with Gasteiger partial charge in [0.1, 0.15) is 29.4 Å². The average Bonchev–Trinajstić information content (AvgIpc) is 3.80. The van der Waals surface area contributed by atoms with Gasteiger partial charge in [0.25, 0.3) is 5.91 Å². The molecule has 4 aliphatic heterocycles. The maximum Gasteiger partial charge on any atom is 0.276 e. The van der Waals surface area contributed by atoms with Crippen molar-refractivity contribution in [3.63, 3.8) is 0 Å². The molecule has 5 atom stereocenters. The van der Waals surface area contributed by atoms with Gasteiger partial charge in [0.05, 0.1) is 0 Å². The number of ether oxygens (including phenoxy) is 1. The third-order valence-electron chi connectivity index (χ3n) is 9.55. The smallest absolute Gasteiger partial charge is 0.276 e. The van der Waals surface area contributed by atoms with Crippen molar-refractivity contribution in [1.29, 1.82) is 0 Å². The average molecular weight is 614 g/mol. The van der Waals surface area contributed by atoms with E-state index in [1.54, 1.807) is 13.8 Å². The molecule has 0 saturated carbocycles. The molecule has 0 radical (unpaired) electrons. The summed E-state index contributed by atoms with van der Waals surface area (Å²) < 4.78 is 13.3. The summed E-state index contributed by atoms with van der Waals surface area (Å²) in [7, 11) is 0. The van der Waals surface area contributed by atoms with Crippen molar-refractivity contribution in [3.05, 3.63) is 76.5 Å². The number of carbonyl (C=O) groups is 3. The van der Waals surface area contributed by atoms with Crippen LogP contribution in [0.2, 0.25) is 0 Å². The van der Waals surface area contributed by atoms with E-state index < -0.39 is 41.6 Å². The lowest BCUT2D eigenvalue weighted by molar-refractivity contribution is -0.135. The number of nitrogens with one attached hydrogen (secondary N) is 3. The molecule has 236 valence electrons. The number of amides is 3. The molecule has 3 unspecified atom stereocenters. The van der Waals surface area contributed by atoms with E-state index in [-0.39, 0.29) is 35.7 Å². The first kappa shape index (κ1) is 29.3. The van der Waals surface area contributed by atoms with Crippen LogP contribution in [-0.4, -0.2) is 64.2 Å². The number of rotatable bonds is 5. The molecule has 4 bridgehead atoms. The Bertz CT molecular complexity index is 1680. The summed E-state index contributed by atoms with van der Waals surface area (Å²) in [4.78, 5) is 47.8. The van der Waals surface area contributed by atoms with Crippen LogP contribution in [0.5, 0.6) is 5.75 Å². The van der Waals surface area contributed by atoms with Gasteiger partial charge in [-0.2, -0.15) is 0 Å². The predicted octanol–water partition coefficient (Wildman–Crippen LogP) is 3.26. The van der Waals surface area contributed by atoms with Crippen molar-refractivity contribution in [3.8, 4) is 5.75 Å². The van der Waals surface area contributed by atoms with Gasteiger partial charge < -0.3 is 35.1 Å². The molecular weight excluding hydrogens is 574 g/mol. The largest absolute Gasteiger partial charge is 0.469 e. The van der Waals surface area contributed by atoms with Crippen LogP contribution in [0.25, 0.3) is 0 Å². The zero-order valence-electron chi connectivity index (χ0n) is 25.9. The topological polar surface area (TPSA) is 146 Å². The minimum atomic E-state index is -1.27. The third-order valence-corrected chi connectivity index (χ3v) is 9.55. The molecule has 1 saturated heterocycles. The highest BCUT2D eigenvalue weighted by atomic mass is 16.5. The van der Waals surface area contributed by atoms with Crippen molar-refractivity contribution in [2.45, 2.75) is 76.8 Å². The molecule has 3 amide bonds. The molecule has 45 heavy (non-hydrogen) atoms. The molecule has 11 nitrogen and oxygen atoms in total. The number of oxazole rings is 1. The number of hydrogen-bond acceptors (Lipinski definition) is 8. The Morgan fingerprint density at radius 3 is 2.56 bits per heavy atom. The summed E-state index contributed by atoms with van der Waals surface area (Å²) in [6, 6.07) is 11.9. The van der Waals surface area contributed by atoms with Crippen LogP contribution in [0, 0.1) is 11.8 Å². The normalized spacial score (nSPS) is 25.4. The molecule has 5 heterocycles. The van der Waals surface area contributed by atoms with E-state index in [0.717, 1.165) is 35.2 Å². The number of benzene rings is 2. The van der Waals surface area contributed by atoms with Crippen LogP contribution in [0.1, 0.15) is 85.4 Å². The van der Waals surface area contributed by atoms with Gasteiger partial charge in [0, 0.05) is 30.8 Å². The van der Waals surface area contributed by atoms with Crippen molar-refractivity contribution in [1.82, 2.24) is 20.5 Å². The van der Waals surface area contributed by atoms with Gasteiger partial charge in [-0.15, -0.1) is 0 Å². The predicted molar refractivity (Wildman–Crippen MR) is 165 cm³/mol. The van der Waals surface area contributed by atoms with Gasteiger partial charge in [0.15, 0.2) is 17.7 Å². The molecule has 7 rings (SSSR count). The number of aliphatic hydroxyl groups excluding tert-OH is 1. The van der Waals surface area contributed by atoms with Crippen LogP contribution in [0.4, 0.5) is 5.69 Å². The van der Waals surface area contributed by atoms with E-state index in [9.17, 15) is 19.5 Å². The summed E-state index contributed by atoms with van der Waals surface area (Å²) >= 11 is 0. The van der Waals surface area contributed by atoms with E-state index >= 15 is 0 Å². The molecule has 4 aliphatic rings. The molecular formula is C34H39N5O6. The molecule has 4 N–H and O–H groups in total. The second-order valence-electron chi connectivity index (χ2n) is 13.2. The zero-order chi connectivity index (χ0) is 31.6. The Hall–Kier alpha value is -4.38. The number of anilines is 1. The first-order valence-electron chi connectivity index (χ1n) is 15.8. The SMILES string of the molecule is CC(C)C(O)C(=O)N[C@H]1Cc2ccc3c(c2)C2(c4ccccc4NC2O3)c2oc(nc2C(=O)N2CCCC2)[C@H](C(C)C)NC1=O. The summed E-state index contributed by atoms with van der Waals surface area (Å²) in [5.74, 6) is -0.551. The van der Waals surface area contributed by atoms with Crippen LogP contribution in [-0.2, 0) is 21.4 Å². The maximum atomic E-state index is 14.2. The second kappa shape index (κ2) is 10.9. The van der Waals surface area contributed by atoms with Crippen LogP contribution < -0.4 is 20.7 Å². The van der Waals surface area contributed by atoms with E-state index in [4.69, 9.17) is 14.1 Å². The fraction of sp³-hybridized carbons (Fsp3) is 0.471. The number of para-hydroxylation sites is 1. The van der Waals surface area contributed by atoms with Crippen LogP contribution in [0.15, 0.2) is 46.9 Å². The molecule has 0 aliphatic carbocycles. The van der Waals surface area contributed by atoms with Gasteiger partial charge >= 0.3 is 0 Å². The van der Waals surface area contributed by atoms with E-state index in [2.05, 4.69) is 16.0 Å². The number of aliphatic hydroxyl groups is 1. The fourth-order valence-corrected chi connectivity index (χ4v) is 7.08. The van der Waals surface area contributed by atoms with Crippen LogP contribution in [0.3, 0.4) is 0 Å². The first-order valence-corrected chi connectivity index (χ1v) is 15.8. The Kier molecular flexibility index (Phi) is 7.11. The lowest BCUT2D eigenvalue weighted by Crippen LogP contribution is -2.52. The lowest BCUT2D eigenvalue weighted by Gasteiger charge is -2.29. The molecule has 1 aromatic heterocycles. The first-order chi connectivity index (χ1) is 21.6. The van der Waals surface area contributed by atoms with Crippen molar-refractivity contribution in [2.24, 2.45) is 11.8 Å². The van der Waals surface area contributed by atoms with Gasteiger partial charge in [-0.25, -0.2) is 4.98 Å². The zero-order valence-corrected chi connectivity index (χ0v) is 25.9. The number of fused-ring (bicyclic) bond motifs is 4. The number of hydrogen-bond donors (Lipinski definition) is 4. The van der Waals surface area contributed by atoms with Gasteiger partial charge in [-0.1, -0.05) is 58.0 Å². The minimum absolute atomic E-state index is 0.169. The summed E-state index contributed by atoms with van der Waals surface area (Å²) in [5, 5.41) is 19.8. The molecule has 2 aromatic carbocycles. The molecule has 3 aromatic rings. The standard InChI is InChI=1S/C34H39N5O6/c1-17(2)25-31-38-26(32(43)39-13-7-8-14-39)28(45-31)34-20-9-5-6-10-22(20)36-33(34)44-24-12-11-19(15-21(24)34)16-23(29(41)37-25)35-30(42)27(40)18(3)4/h5-6,9-12,15,17-18,23,25,27,33,36,40H,7-8,13-14,16H2,1-4H3,(H,35,42)(H,37,41)/t23-,25-,27?,33?,34?/m0/s1. The minimum Gasteiger partial charge on any atom is -0.469 e. The highest BCUT2D eigenvalue weighted by molar-refractivity contribution is 5.95. The van der Waals surface area contributed by atoms with Crippen LogP contribution >= 0.6 is 0 Å². The molecule has 1 fully saturated rings. The van der Waals surface area contributed by atoms with Crippen molar-refractivity contribution in [2.75, 3.05) is 18.4 Å².